The van der Waals surface area contributed by atoms with Gasteiger partial charge in [-0.3, -0.25) is 19.1 Å². The maximum absolute atomic E-state index is 13.3. The van der Waals surface area contributed by atoms with Crippen LogP contribution in [0.15, 0.2) is 55.1 Å². The third-order valence-corrected chi connectivity index (χ3v) is 6.10. The first-order valence-electron chi connectivity index (χ1n) is 10.7. The van der Waals surface area contributed by atoms with E-state index in [9.17, 15) is 22.4 Å². The average molecular weight is 484 g/mol. The van der Waals surface area contributed by atoms with Gasteiger partial charge in [-0.05, 0) is 25.1 Å². The Morgan fingerprint density at radius 1 is 1.09 bits per heavy atom. The Morgan fingerprint density at radius 3 is 2.34 bits per heavy atom. The highest BCUT2D eigenvalue weighted by Gasteiger charge is 2.36. The zero-order valence-electron chi connectivity index (χ0n) is 18.8. The van der Waals surface area contributed by atoms with E-state index in [-0.39, 0.29) is 19.1 Å². The van der Waals surface area contributed by atoms with Crippen molar-refractivity contribution < 1.29 is 22.4 Å². The second-order valence-electron chi connectivity index (χ2n) is 8.49. The van der Waals surface area contributed by atoms with Crippen LogP contribution in [0.25, 0.3) is 33.4 Å². The fourth-order valence-corrected chi connectivity index (χ4v) is 4.37. The number of alkyl halides is 3. The molecule has 5 rings (SSSR count). The molecule has 1 amide bonds. The Bertz CT molecular complexity index is 1460. The van der Waals surface area contributed by atoms with Crippen molar-refractivity contribution in [1.29, 1.82) is 0 Å². The van der Waals surface area contributed by atoms with Gasteiger partial charge in [-0.1, -0.05) is 18.7 Å². The zero-order chi connectivity index (χ0) is 25.1. The standard InChI is InChI=1S/C24H20F4N6O/c1-13(25)23(35)33-10-17(11-33)34-22-18(19-12-32(3)30-14(19)2)8-9-29-21(22)20(31-34)15-4-6-16(7-5-15)24(26,27)28/h4-9,12,17H,1,10-11H2,2-3H3. The molecule has 0 spiro atoms. The second kappa shape index (κ2) is 8.03. The number of aryl methyl sites for hydroxylation is 2. The lowest BCUT2D eigenvalue weighted by atomic mass is 10.0. The van der Waals surface area contributed by atoms with Gasteiger partial charge in [0.25, 0.3) is 5.91 Å². The van der Waals surface area contributed by atoms with Crippen LogP contribution in [0, 0.1) is 6.92 Å². The van der Waals surface area contributed by atoms with Crippen LogP contribution in [0.5, 0.6) is 0 Å². The van der Waals surface area contributed by atoms with Crippen molar-refractivity contribution in [2.45, 2.75) is 19.1 Å². The van der Waals surface area contributed by atoms with Crippen LogP contribution >= 0.6 is 0 Å². The van der Waals surface area contributed by atoms with Gasteiger partial charge >= 0.3 is 6.18 Å². The van der Waals surface area contributed by atoms with Crippen molar-refractivity contribution in [3.05, 3.63) is 66.4 Å². The van der Waals surface area contributed by atoms with Crippen molar-refractivity contribution in [2.75, 3.05) is 13.1 Å². The van der Waals surface area contributed by atoms with E-state index in [1.54, 1.807) is 22.6 Å². The van der Waals surface area contributed by atoms with Crippen LogP contribution < -0.4 is 0 Å². The molecule has 35 heavy (non-hydrogen) atoms. The summed E-state index contributed by atoms with van der Waals surface area (Å²) in [6.07, 6.45) is -0.970. The summed E-state index contributed by atoms with van der Waals surface area (Å²) in [5.74, 6) is -1.81. The lowest BCUT2D eigenvalue weighted by Crippen LogP contribution is -2.51. The number of amides is 1. The third kappa shape index (κ3) is 3.86. The summed E-state index contributed by atoms with van der Waals surface area (Å²) in [5.41, 5.74) is 3.72. The molecular weight excluding hydrogens is 464 g/mol. The minimum atomic E-state index is -4.45. The van der Waals surface area contributed by atoms with Crippen molar-refractivity contribution in [2.24, 2.45) is 7.05 Å². The lowest BCUT2D eigenvalue weighted by Gasteiger charge is -2.39. The Labute approximate surface area is 197 Å². The SMILES string of the molecule is C=C(F)C(=O)N1CC(n2nc(-c3ccc(C(F)(F)F)cc3)c3nccc(-c4cn(C)nc4C)c32)C1. The topological polar surface area (TPSA) is 68.8 Å². The van der Waals surface area contributed by atoms with Gasteiger partial charge in [-0.15, -0.1) is 0 Å². The van der Waals surface area contributed by atoms with Gasteiger partial charge in [-0.25, -0.2) is 4.39 Å². The first-order valence-corrected chi connectivity index (χ1v) is 10.7. The molecule has 11 heteroatoms. The van der Waals surface area contributed by atoms with Crippen molar-refractivity contribution in [3.8, 4) is 22.4 Å². The lowest BCUT2D eigenvalue weighted by molar-refractivity contribution is -0.137. The molecule has 1 aromatic carbocycles. The molecule has 0 saturated carbocycles. The van der Waals surface area contributed by atoms with Crippen LogP contribution in [-0.4, -0.2) is 48.4 Å². The smallest absolute Gasteiger partial charge is 0.332 e. The highest BCUT2D eigenvalue weighted by Crippen LogP contribution is 2.38. The summed E-state index contributed by atoms with van der Waals surface area (Å²) in [7, 11) is 1.80. The summed E-state index contributed by atoms with van der Waals surface area (Å²) in [6, 6.07) is 6.29. The molecule has 1 saturated heterocycles. The fourth-order valence-electron chi connectivity index (χ4n) is 4.37. The van der Waals surface area contributed by atoms with Crippen LogP contribution in [0.1, 0.15) is 17.3 Å². The van der Waals surface area contributed by atoms with Crippen LogP contribution in [0.2, 0.25) is 0 Å². The summed E-state index contributed by atoms with van der Waals surface area (Å²) >= 11 is 0. The van der Waals surface area contributed by atoms with Crippen LogP contribution in [-0.2, 0) is 18.0 Å². The Hall–Kier alpha value is -4.02. The van der Waals surface area contributed by atoms with Gasteiger partial charge in [0.2, 0.25) is 0 Å². The molecule has 180 valence electrons. The molecule has 7 nitrogen and oxygen atoms in total. The maximum atomic E-state index is 13.3. The molecule has 3 aromatic heterocycles. The number of aromatic nitrogens is 5. The number of rotatable bonds is 4. The predicted octanol–water partition coefficient (Wildman–Crippen LogP) is 4.69. The first kappa shape index (κ1) is 22.8. The molecule has 1 fully saturated rings. The van der Waals surface area contributed by atoms with E-state index >= 15 is 0 Å². The molecule has 4 aromatic rings. The maximum Gasteiger partial charge on any atom is 0.416 e. The van der Waals surface area contributed by atoms with Gasteiger partial charge in [0.1, 0.15) is 11.2 Å². The fraction of sp³-hybridized carbons (Fsp3) is 0.250. The number of benzene rings is 1. The highest BCUT2D eigenvalue weighted by molar-refractivity contribution is 5.99. The monoisotopic (exact) mass is 484 g/mol. The normalized spacial score (nSPS) is 14.4. The quantitative estimate of drug-likeness (QED) is 0.311. The Morgan fingerprint density at radius 2 is 1.77 bits per heavy atom. The first-order chi connectivity index (χ1) is 16.5. The number of hydrogen-bond acceptors (Lipinski definition) is 4. The van der Waals surface area contributed by atoms with Gasteiger partial charge in [0, 0.05) is 49.2 Å². The van der Waals surface area contributed by atoms with Gasteiger partial charge < -0.3 is 4.90 Å². The number of carbonyl (C=O) groups excluding carboxylic acids is 1. The Balaban J connectivity index is 1.66. The summed E-state index contributed by atoms with van der Waals surface area (Å²) in [5, 5.41) is 9.14. The van der Waals surface area contributed by atoms with Crippen molar-refractivity contribution in [3.63, 3.8) is 0 Å². The minimum Gasteiger partial charge on any atom is -0.332 e. The molecule has 4 heterocycles. The molecule has 0 unspecified atom stereocenters. The highest BCUT2D eigenvalue weighted by atomic mass is 19.4. The van der Waals surface area contributed by atoms with E-state index in [4.69, 9.17) is 5.10 Å². The molecular formula is C24H20F4N6O. The summed E-state index contributed by atoms with van der Waals surface area (Å²) in [4.78, 5) is 17.8. The van der Waals surface area contributed by atoms with Crippen LogP contribution in [0.4, 0.5) is 17.6 Å². The second-order valence-corrected chi connectivity index (χ2v) is 8.49. The number of fused-ring (bicyclic) bond motifs is 1. The van der Waals surface area contributed by atoms with E-state index in [1.165, 1.54) is 17.0 Å². The van der Waals surface area contributed by atoms with Gasteiger partial charge in [0.15, 0.2) is 5.83 Å². The summed E-state index contributed by atoms with van der Waals surface area (Å²) < 4.78 is 55.9. The summed E-state index contributed by atoms with van der Waals surface area (Å²) in [6.45, 7) is 5.36. The largest absolute Gasteiger partial charge is 0.416 e. The van der Waals surface area contributed by atoms with Gasteiger partial charge in [-0.2, -0.15) is 23.4 Å². The van der Waals surface area contributed by atoms with E-state index < -0.39 is 23.5 Å². The number of nitrogens with zero attached hydrogens (tertiary/aromatic N) is 6. The molecule has 0 N–H and O–H groups in total. The third-order valence-electron chi connectivity index (χ3n) is 6.10. The van der Waals surface area contributed by atoms with E-state index in [0.29, 0.717) is 22.3 Å². The van der Waals surface area contributed by atoms with E-state index in [2.05, 4.69) is 16.7 Å². The molecule has 1 aliphatic heterocycles. The van der Waals surface area contributed by atoms with Crippen molar-refractivity contribution in [1.82, 2.24) is 29.4 Å². The predicted molar refractivity (Wildman–Crippen MR) is 121 cm³/mol. The number of hydrogen-bond donors (Lipinski definition) is 0. The zero-order valence-corrected chi connectivity index (χ0v) is 18.8. The number of halogens is 4. The molecule has 1 aliphatic rings. The number of likely N-dealkylation sites (tertiary alicyclic amines) is 1. The van der Waals surface area contributed by atoms with E-state index in [1.807, 2.05) is 19.2 Å². The van der Waals surface area contributed by atoms with E-state index in [0.717, 1.165) is 29.0 Å². The van der Waals surface area contributed by atoms with Crippen LogP contribution in [0.3, 0.4) is 0 Å². The van der Waals surface area contributed by atoms with Crippen molar-refractivity contribution >= 4 is 16.9 Å². The molecule has 0 atom stereocenters. The Kier molecular flexibility index (Phi) is 5.22. The molecule has 0 radical (unpaired) electrons. The molecule has 0 bridgehead atoms. The average Bonchev–Trinajstić information content (AvgIpc) is 3.31. The number of carbonyl (C=O) groups is 1. The molecule has 0 aliphatic carbocycles. The van der Waals surface area contributed by atoms with Gasteiger partial charge in [0.05, 0.1) is 22.8 Å². The number of pyridine rings is 1. The minimum absolute atomic E-state index is 0.214.